The molecule has 0 aromatic carbocycles. The average Bonchev–Trinajstić information content (AvgIpc) is 0.722. The van der Waals surface area contributed by atoms with Gasteiger partial charge in [-0.05, 0) is 0 Å². The smallest absolute Gasteiger partial charge is 0 e. The van der Waals surface area contributed by atoms with Crippen molar-refractivity contribution in [3.05, 3.63) is 0 Å². The van der Waals surface area contributed by atoms with Crippen LogP contribution in [0.3, 0.4) is 0 Å². The van der Waals surface area contributed by atoms with Gasteiger partial charge < -0.3 is 0 Å². The summed E-state index contributed by atoms with van der Waals surface area (Å²) in [5, 5.41) is 0. The molecule has 0 heterocycles. The summed E-state index contributed by atoms with van der Waals surface area (Å²) in [4.78, 5) is 0. The predicted octanol–water partition coefficient (Wildman–Crippen LogP) is -0.661. The second kappa shape index (κ2) is 4.40. The molecule has 0 spiro atoms. The summed E-state index contributed by atoms with van der Waals surface area (Å²) in [5.74, 6) is 0. The van der Waals surface area contributed by atoms with Crippen molar-refractivity contribution in [3.63, 3.8) is 0 Å². The van der Waals surface area contributed by atoms with E-state index in [1.807, 2.05) is 0 Å². The van der Waals surface area contributed by atoms with Crippen molar-refractivity contribution in [1.29, 1.82) is 0 Å². The standard InChI is InChI=1S/Gd.HO3S.Tb/c;1-4(2)3;/h;(H,1,2,3);. The molecule has 6 heteroatoms. The molecule has 0 aromatic heterocycles. The Morgan fingerprint density at radius 3 is 1.50 bits per heavy atom. The minimum Gasteiger partial charge on any atom is 0 e. The van der Waals surface area contributed by atoms with Crippen molar-refractivity contribution in [3.8, 4) is 0 Å². The first-order chi connectivity index (χ1) is 2.00. The maximum Gasteiger partial charge on any atom is 0 e. The second-order valence-electron chi connectivity index (χ2n) is 0.400. The van der Waals surface area contributed by atoms with Gasteiger partial charge in [-0.2, -0.15) is 0 Å². The van der Waals surface area contributed by atoms with Crippen LogP contribution >= 0.6 is 0 Å². The molecule has 0 aliphatic rings. The number of hydrogen-bond acceptors (Lipinski definition) is 2. The fourth-order valence-electron chi connectivity index (χ4n) is 0. The first-order valence-electron chi connectivity index (χ1n) is 0.660. The molecule has 0 atom stereocenters. The van der Waals surface area contributed by atoms with Gasteiger partial charge >= 0.3 is 53.2 Å². The van der Waals surface area contributed by atoms with E-state index >= 15 is 0 Å². The Hall–Kier alpha value is 2.52. The van der Waals surface area contributed by atoms with E-state index in [4.69, 9.17) is 4.55 Å². The molecule has 0 bridgehead atoms. The summed E-state index contributed by atoms with van der Waals surface area (Å²) in [6.45, 7) is 0. The van der Waals surface area contributed by atoms with Crippen LogP contribution in [-0.4, -0.2) is 13.0 Å². The van der Waals surface area contributed by atoms with Crippen LogP contribution in [0.1, 0.15) is 0 Å². The van der Waals surface area contributed by atoms with Crippen LogP contribution in [0.5, 0.6) is 0 Å². The van der Waals surface area contributed by atoms with Crippen molar-refractivity contribution in [2.75, 3.05) is 0 Å². The molecule has 0 saturated carbocycles. The fraction of sp³-hybridized carbons (Fsp3) is 0. The molecule has 0 fully saturated rings. The van der Waals surface area contributed by atoms with E-state index in [0.717, 1.165) is 0 Å². The summed E-state index contributed by atoms with van der Waals surface area (Å²) >= 11 is 0.539. The van der Waals surface area contributed by atoms with Gasteiger partial charge in [-0.25, -0.2) is 0 Å². The molecular weight excluding hydrogens is 396 g/mol. The van der Waals surface area contributed by atoms with Gasteiger partial charge in [0.2, 0.25) is 0 Å². The van der Waals surface area contributed by atoms with Crippen LogP contribution in [0.25, 0.3) is 0 Å². The SMILES string of the molecule is O=[S](=O)(O)[Gd].[Tb]. The van der Waals surface area contributed by atoms with Gasteiger partial charge in [0.15, 0.2) is 0 Å². The Balaban J connectivity index is 0. The predicted molar refractivity (Wildman–Crippen MR) is 11.5 cm³/mol. The van der Waals surface area contributed by atoms with Crippen molar-refractivity contribution in [1.82, 2.24) is 0 Å². The normalized spacial score (nSPS) is 9.67. The largest absolute Gasteiger partial charge is 0 e. The summed E-state index contributed by atoms with van der Waals surface area (Å²) in [5.41, 5.74) is 0. The zero-order valence-corrected chi connectivity index (χ0v) is 7.58. The third kappa shape index (κ3) is 31.3. The Morgan fingerprint density at radius 1 is 1.50 bits per heavy atom. The molecule has 0 saturated heterocycles. The Kier molecular flexibility index (Phi) is 8.32. The number of rotatable bonds is 0. The van der Waals surface area contributed by atoms with Crippen molar-refractivity contribution in [2.24, 2.45) is 0 Å². The zero-order valence-electron chi connectivity index (χ0n) is 2.36. The Labute approximate surface area is 89.5 Å². The van der Waals surface area contributed by atoms with E-state index in [2.05, 4.69) is 0 Å². The molecule has 0 aromatic rings. The van der Waals surface area contributed by atoms with Gasteiger partial charge in [-0.3, -0.25) is 0 Å². The molecule has 0 unspecified atom stereocenters. The third-order valence-corrected chi connectivity index (χ3v) is 0. The van der Waals surface area contributed by atoms with E-state index in [1.54, 1.807) is 0 Å². The number of hydrogen-bond donors (Lipinski definition) is 1. The molecule has 1 N–H and O–H groups in total. The first kappa shape index (κ1) is 11.3. The topological polar surface area (TPSA) is 54.4 Å². The minimum atomic E-state index is -3.64. The van der Waals surface area contributed by atoms with Crippen LogP contribution < -0.4 is 0 Å². The second-order valence-corrected chi connectivity index (χ2v) is 4.71. The maximum absolute atomic E-state index is 9.20. The van der Waals surface area contributed by atoms with Gasteiger partial charge in [-0.15, -0.1) is 0 Å². The molecule has 0 aliphatic heterocycles. The van der Waals surface area contributed by atoms with Crippen LogP contribution in [0, 0.1) is 74.6 Å². The molecule has 0 rings (SSSR count). The zero-order chi connectivity index (χ0) is 4.50. The summed E-state index contributed by atoms with van der Waals surface area (Å²) in [6.07, 6.45) is 0. The first-order valence-corrected chi connectivity index (χ1v) is 4.76. The average molecular weight is 397 g/mol. The summed E-state index contributed by atoms with van der Waals surface area (Å²) in [7, 11) is 0. The summed E-state index contributed by atoms with van der Waals surface area (Å²) < 4.78 is 22.3. The van der Waals surface area contributed by atoms with Crippen molar-refractivity contribution < 1.29 is 87.6 Å². The quantitative estimate of drug-likeness (QED) is 0.553. The van der Waals surface area contributed by atoms with E-state index in [-0.39, 0.29) is 38.6 Å². The van der Waals surface area contributed by atoms with Crippen molar-refractivity contribution >= 4 is 4.22 Å². The van der Waals surface area contributed by atoms with Gasteiger partial charge in [0, 0.05) is 38.6 Å². The van der Waals surface area contributed by atoms with E-state index < -0.39 is 4.22 Å². The fourth-order valence-corrected chi connectivity index (χ4v) is 0. The van der Waals surface area contributed by atoms with Gasteiger partial charge in [-0.1, -0.05) is 0 Å². The summed E-state index contributed by atoms with van der Waals surface area (Å²) in [6, 6.07) is 0. The molecule has 6 heavy (non-hydrogen) atoms. The van der Waals surface area contributed by atoms with E-state index in [0.29, 0.717) is 36.0 Å². The Morgan fingerprint density at radius 2 is 1.50 bits per heavy atom. The monoisotopic (exact) mass is 398 g/mol. The van der Waals surface area contributed by atoms with Crippen LogP contribution in [0.15, 0.2) is 0 Å². The van der Waals surface area contributed by atoms with Crippen LogP contribution in [0.4, 0.5) is 0 Å². The van der Waals surface area contributed by atoms with Crippen molar-refractivity contribution in [2.45, 2.75) is 0 Å². The third-order valence-electron chi connectivity index (χ3n) is 0. The van der Waals surface area contributed by atoms with E-state index in [1.165, 1.54) is 0 Å². The molecular formula is HGdO3STb. The minimum absolute atomic E-state index is 0. The Bertz CT molecular complexity index is 94.0. The molecule has 0 amide bonds. The van der Waals surface area contributed by atoms with Gasteiger partial charge in [0.05, 0.1) is 0 Å². The van der Waals surface area contributed by atoms with E-state index in [9.17, 15) is 8.42 Å². The molecule has 1 radical (unpaired) electrons. The molecule has 3 nitrogen and oxygen atoms in total. The van der Waals surface area contributed by atoms with Gasteiger partial charge in [0.1, 0.15) is 0 Å². The van der Waals surface area contributed by atoms with Gasteiger partial charge in [0.25, 0.3) is 0 Å². The molecule has 42 valence electrons. The molecule has 0 aliphatic carbocycles. The van der Waals surface area contributed by atoms with Crippen LogP contribution in [0.2, 0.25) is 0 Å². The maximum atomic E-state index is 9.20. The van der Waals surface area contributed by atoms with Crippen LogP contribution in [-0.2, 0) is 4.22 Å².